The third-order valence-corrected chi connectivity index (χ3v) is 6.73. The Hall–Kier alpha value is -2.95. The minimum absolute atomic E-state index is 0.0820. The molecule has 1 fully saturated rings. The van der Waals surface area contributed by atoms with Crippen LogP contribution in [0.2, 0.25) is 5.02 Å². The number of methoxy groups -OCH3 is 1. The number of nitrogens with zero attached hydrogens (tertiary/aromatic N) is 4. The Labute approximate surface area is 214 Å². The number of fused-ring (bicyclic) bond motifs is 1. The van der Waals surface area contributed by atoms with Crippen LogP contribution in [0, 0.1) is 12.7 Å². The van der Waals surface area contributed by atoms with E-state index in [0.29, 0.717) is 24.4 Å². The Morgan fingerprint density at radius 3 is 2.83 bits per heavy atom. The van der Waals surface area contributed by atoms with Crippen molar-refractivity contribution < 1.29 is 23.8 Å². The summed E-state index contributed by atoms with van der Waals surface area (Å²) in [6.45, 7) is 7.52. The van der Waals surface area contributed by atoms with Crippen molar-refractivity contribution in [2.75, 3.05) is 26.0 Å². The molecule has 3 aromatic rings. The number of aryl methyl sites for hydroxylation is 1. The Morgan fingerprint density at radius 2 is 2.17 bits per heavy atom. The zero-order valence-electron chi connectivity index (χ0n) is 21.0. The van der Waals surface area contributed by atoms with E-state index < -0.39 is 23.4 Å². The van der Waals surface area contributed by atoms with Gasteiger partial charge in [-0.2, -0.15) is 0 Å². The first-order valence-corrected chi connectivity index (χ1v) is 12.2. The van der Waals surface area contributed by atoms with Crippen LogP contribution in [0.25, 0.3) is 5.52 Å². The van der Waals surface area contributed by atoms with Gasteiger partial charge in [0.1, 0.15) is 34.1 Å². The first kappa shape index (κ1) is 26.1. The molecular weight excluding hydrogens is 489 g/mol. The molecule has 0 saturated carbocycles. The lowest BCUT2D eigenvalue weighted by Gasteiger charge is -2.30. The highest BCUT2D eigenvalue weighted by Crippen LogP contribution is 2.43. The molecule has 1 aliphatic rings. The number of hydrogen-bond acceptors (Lipinski definition) is 7. The summed E-state index contributed by atoms with van der Waals surface area (Å²) in [7, 11) is 1.56. The Balaban J connectivity index is 1.95. The standard InChI is InChI=1S/C25H31ClFN5O4/c1-13(2)36-21-16(25(4,34)24-30-14(3)20-22(28)29-8-10-32(20)24)11-17(26)19(27)18(21)23(33)31-9-6-7-15(31)12-35-5/h8,10-11,13,15,34H,6-7,9,12H2,1-5H3,(H2,28,29)/t15-,25?/m0/s1. The molecule has 194 valence electrons. The van der Waals surface area contributed by atoms with Crippen LogP contribution in [0.5, 0.6) is 5.75 Å². The second-order valence-corrected chi connectivity index (χ2v) is 9.87. The third kappa shape index (κ3) is 4.38. The van der Waals surface area contributed by atoms with E-state index in [1.807, 2.05) is 0 Å². The van der Waals surface area contributed by atoms with Gasteiger partial charge in [0.25, 0.3) is 5.91 Å². The highest BCUT2D eigenvalue weighted by Gasteiger charge is 2.41. The minimum Gasteiger partial charge on any atom is -0.490 e. The van der Waals surface area contributed by atoms with Crippen molar-refractivity contribution >= 4 is 28.8 Å². The van der Waals surface area contributed by atoms with Gasteiger partial charge in [-0.25, -0.2) is 14.4 Å². The van der Waals surface area contributed by atoms with Crippen molar-refractivity contribution in [1.82, 2.24) is 19.3 Å². The van der Waals surface area contributed by atoms with E-state index in [0.717, 1.165) is 12.8 Å². The predicted octanol–water partition coefficient (Wildman–Crippen LogP) is 3.71. The number of anilines is 1. The molecule has 9 nitrogen and oxygen atoms in total. The molecule has 11 heteroatoms. The van der Waals surface area contributed by atoms with Crippen molar-refractivity contribution in [3.8, 4) is 5.75 Å². The first-order valence-electron chi connectivity index (χ1n) is 11.8. The molecule has 2 aromatic heterocycles. The van der Waals surface area contributed by atoms with Gasteiger partial charge in [-0.15, -0.1) is 0 Å². The molecular formula is C25H31ClFN5O4. The molecule has 36 heavy (non-hydrogen) atoms. The summed E-state index contributed by atoms with van der Waals surface area (Å²) in [6, 6.07) is 1.08. The van der Waals surface area contributed by atoms with Crippen molar-refractivity contribution in [2.45, 2.75) is 58.3 Å². The van der Waals surface area contributed by atoms with Gasteiger partial charge < -0.3 is 25.2 Å². The number of ether oxygens (including phenoxy) is 2. The number of aliphatic hydroxyl groups is 1. The summed E-state index contributed by atoms with van der Waals surface area (Å²) in [5.74, 6) is -1.12. The van der Waals surface area contributed by atoms with E-state index in [4.69, 9.17) is 26.8 Å². The van der Waals surface area contributed by atoms with Gasteiger partial charge in [0.05, 0.1) is 29.5 Å². The lowest BCUT2D eigenvalue weighted by molar-refractivity contribution is 0.0614. The van der Waals surface area contributed by atoms with Crippen LogP contribution < -0.4 is 10.5 Å². The topological polar surface area (TPSA) is 115 Å². The molecule has 3 N–H and O–H groups in total. The van der Waals surface area contributed by atoms with Gasteiger partial charge in [-0.3, -0.25) is 9.20 Å². The number of aromatic nitrogens is 3. The monoisotopic (exact) mass is 519 g/mol. The number of carbonyl (C=O) groups excluding carboxylic acids is 1. The highest BCUT2D eigenvalue weighted by molar-refractivity contribution is 6.31. The molecule has 0 radical (unpaired) electrons. The van der Waals surface area contributed by atoms with Crippen molar-refractivity contribution in [3.63, 3.8) is 0 Å². The summed E-state index contributed by atoms with van der Waals surface area (Å²) in [5.41, 5.74) is 5.06. The van der Waals surface area contributed by atoms with E-state index in [1.54, 1.807) is 43.4 Å². The quantitative estimate of drug-likeness (QED) is 0.489. The van der Waals surface area contributed by atoms with E-state index >= 15 is 4.39 Å². The van der Waals surface area contributed by atoms with Crippen LogP contribution in [0.1, 0.15) is 61.1 Å². The van der Waals surface area contributed by atoms with E-state index in [2.05, 4.69) is 9.97 Å². The molecule has 2 atom stereocenters. The number of halogens is 2. The van der Waals surface area contributed by atoms with Crippen LogP contribution in [-0.4, -0.2) is 62.7 Å². The number of nitrogen functional groups attached to an aromatic ring is 1. The molecule has 4 rings (SSSR count). The number of nitrogens with two attached hydrogens (primary N) is 1. The maximum Gasteiger partial charge on any atom is 0.261 e. The Bertz CT molecular complexity index is 1310. The van der Waals surface area contributed by atoms with E-state index in [-0.39, 0.29) is 39.6 Å². The van der Waals surface area contributed by atoms with Gasteiger partial charge in [-0.05, 0) is 46.6 Å². The van der Waals surface area contributed by atoms with E-state index in [1.165, 1.54) is 19.2 Å². The van der Waals surface area contributed by atoms with Crippen molar-refractivity contribution in [2.24, 2.45) is 0 Å². The molecule has 1 saturated heterocycles. The van der Waals surface area contributed by atoms with Crippen LogP contribution in [-0.2, 0) is 10.3 Å². The number of likely N-dealkylation sites (tertiary alicyclic amines) is 1. The molecule has 0 bridgehead atoms. The second-order valence-electron chi connectivity index (χ2n) is 9.46. The molecule has 0 spiro atoms. The number of amides is 1. The van der Waals surface area contributed by atoms with Gasteiger partial charge in [-0.1, -0.05) is 11.6 Å². The van der Waals surface area contributed by atoms with Crippen LogP contribution >= 0.6 is 11.6 Å². The predicted molar refractivity (Wildman–Crippen MR) is 134 cm³/mol. The Kier molecular flexibility index (Phi) is 7.14. The molecule has 3 heterocycles. The summed E-state index contributed by atoms with van der Waals surface area (Å²) in [5, 5.41) is 11.6. The van der Waals surface area contributed by atoms with Crippen LogP contribution in [0.4, 0.5) is 10.2 Å². The normalized spacial score (nSPS) is 17.7. The second kappa shape index (κ2) is 9.84. The number of imidazole rings is 1. The fourth-order valence-electron chi connectivity index (χ4n) is 4.84. The summed E-state index contributed by atoms with van der Waals surface area (Å²) in [6.07, 6.45) is 4.18. The van der Waals surface area contributed by atoms with Gasteiger partial charge in [0, 0.05) is 31.6 Å². The zero-order chi connectivity index (χ0) is 26.4. The zero-order valence-corrected chi connectivity index (χ0v) is 21.8. The Morgan fingerprint density at radius 1 is 1.44 bits per heavy atom. The summed E-state index contributed by atoms with van der Waals surface area (Å²) < 4.78 is 28.5. The largest absolute Gasteiger partial charge is 0.490 e. The molecule has 1 unspecified atom stereocenters. The average molecular weight is 520 g/mol. The number of carbonyl (C=O) groups is 1. The number of rotatable bonds is 7. The maximum absolute atomic E-state index is 15.6. The molecule has 1 aliphatic heterocycles. The minimum atomic E-state index is -1.85. The highest BCUT2D eigenvalue weighted by atomic mass is 35.5. The molecule has 0 aliphatic carbocycles. The number of hydrogen-bond donors (Lipinski definition) is 2. The first-order chi connectivity index (χ1) is 17.0. The van der Waals surface area contributed by atoms with Gasteiger partial charge in [0.2, 0.25) is 0 Å². The van der Waals surface area contributed by atoms with Crippen LogP contribution in [0.3, 0.4) is 0 Å². The van der Waals surface area contributed by atoms with Gasteiger partial charge in [0.15, 0.2) is 5.82 Å². The van der Waals surface area contributed by atoms with Crippen molar-refractivity contribution in [3.05, 3.63) is 51.9 Å². The molecule has 1 amide bonds. The summed E-state index contributed by atoms with van der Waals surface area (Å²) >= 11 is 6.32. The lowest BCUT2D eigenvalue weighted by atomic mass is 9.91. The van der Waals surface area contributed by atoms with Gasteiger partial charge >= 0.3 is 0 Å². The number of benzene rings is 1. The summed E-state index contributed by atoms with van der Waals surface area (Å²) in [4.78, 5) is 24.0. The van der Waals surface area contributed by atoms with Crippen LogP contribution in [0.15, 0.2) is 18.5 Å². The maximum atomic E-state index is 15.6. The average Bonchev–Trinajstić information content (AvgIpc) is 3.41. The lowest BCUT2D eigenvalue weighted by Crippen LogP contribution is -2.39. The third-order valence-electron chi connectivity index (χ3n) is 6.45. The van der Waals surface area contributed by atoms with E-state index in [9.17, 15) is 9.90 Å². The fraction of sp³-hybridized carbons (Fsp3) is 0.480. The smallest absolute Gasteiger partial charge is 0.261 e. The fourth-order valence-corrected chi connectivity index (χ4v) is 5.04. The SMILES string of the molecule is COC[C@@H]1CCCN1C(=O)c1c(F)c(Cl)cc(C(C)(O)c2nc(C)c3c(N)nccn23)c1OC(C)C. The van der Waals surface area contributed by atoms with Crippen molar-refractivity contribution in [1.29, 1.82) is 0 Å². The molecule has 1 aromatic carbocycles.